The highest BCUT2D eigenvalue weighted by Gasteiger charge is 2.44. The Morgan fingerprint density at radius 3 is 2.63 bits per heavy atom. The van der Waals surface area contributed by atoms with Crippen molar-refractivity contribution in [2.45, 2.75) is 38.0 Å². The molecule has 0 unspecified atom stereocenters. The van der Waals surface area contributed by atoms with Crippen molar-refractivity contribution in [3.8, 4) is 0 Å². The maximum Gasteiger partial charge on any atom is 0.308 e. The molecule has 1 saturated heterocycles. The molecule has 2 fully saturated rings. The lowest BCUT2D eigenvalue weighted by atomic mass is 9.96. The fourth-order valence-corrected chi connectivity index (χ4v) is 3.65. The number of methoxy groups -OCH3 is 1. The number of benzene rings is 1. The second-order valence-corrected chi connectivity index (χ2v) is 7.25. The molecule has 5 nitrogen and oxygen atoms in total. The topological polar surface area (TPSA) is 53.9 Å². The number of nitrogens with zero attached hydrogens (tertiary/aromatic N) is 2. The highest BCUT2D eigenvalue weighted by atomic mass is 127. The van der Waals surface area contributed by atoms with E-state index in [4.69, 9.17) is 9.73 Å². The average Bonchev–Trinajstić information content (AvgIpc) is 3.46. The van der Waals surface area contributed by atoms with Gasteiger partial charge in [-0.15, -0.1) is 24.0 Å². The molecule has 150 valence electrons. The Hall–Kier alpha value is -1.38. The maximum absolute atomic E-state index is 13.6. The number of hydrogen-bond acceptors (Lipinski definition) is 3. The van der Waals surface area contributed by atoms with Gasteiger partial charge < -0.3 is 15.0 Å². The standard InChI is InChI=1S/C20H28FN3O2.HI/c1-3-22-19(24-11-7-15(8-12-24)18(25)26-2)23-14-20(9-10-20)16-5-4-6-17(21)13-16;/h4-6,13,15H,3,7-12,14H2,1-2H3,(H,22,23);1H. The monoisotopic (exact) mass is 489 g/mol. The van der Waals surface area contributed by atoms with Crippen LogP contribution in [0.1, 0.15) is 38.2 Å². The summed E-state index contributed by atoms with van der Waals surface area (Å²) in [7, 11) is 1.45. The number of piperidine rings is 1. The van der Waals surface area contributed by atoms with Gasteiger partial charge in [0.2, 0.25) is 0 Å². The van der Waals surface area contributed by atoms with Gasteiger partial charge in [0.15, 0.2) is 5.96 Å². The van der Waals surface area contributed by atoms with Gasteiger partial charge in [0, 0.05) is 25.0 Å². The number of hydrogen-bond donors (Lipinski definition) is 1. The van der Waals surface area contributed by atoms with Crippen molar-refractivity contribution < 1.29 is 13.9 Å². The first-order valence-electron chi connectivity index (χ1n) is 9.45. The molecule has 0 aromatic heterocycles. The van der Waals surface area contributed by atoms with E-state index in [1.165, 1.54) is 13.2 Å². The average molecular weight is 489 g/mol. The van der Waals surface area contributed by atoms with Gasteiger partial charge >= 0.3 is 5.97 Å². The maximum atomic E-state index is 13.6. The summed E-state index contributed by atoms with van der Waals surface area (Å²) in [4.78, 5) is 18.8. The lowest BCUT2D eigenvalue weighted by Crippen LogP contribution is -2.47. The van der Waals surface area contributed by atoms with E-state index < -0.39 is 0 Å². The third kappa shape index (κ3) is 5.33. The first-order chi connectivity index (χ1) is 12.6. The molecule has 1 aromatic rings. The Bertz CT molecular complexity index is 671. The zero-order chi connectivity index (χ0) is 18.6. The quantitative estimate of drug-likeness (QED) is 0.299. The zero-order valence-corrected chi connectivity index (χ0v) is 18.4. The van der Waals surface area contributed by atoms with Crippen molar-refractivity contribution in [3.63, 3.8) is 0 Å². The molecule has 3 rings (SSSR count). The Morgan fingerprint density at radius 2 is 2.07 bits per heavy atom. The minimum absolute atomic E-state index is 0. The molecule has 27 heavy (non-hydrogen) atoms. The lowest BCUT2D eigenvalue weighted by Gasteiger charge is -2.33. The number of esters is 1. The van der Waals surface area contributed by atoms with Crippen molar-refractivity contribution in [1.82, 2.24) is 10.2 Å². The first-order valence-corrected chi connectivity index (χ1v) is 9.45. The van der Waals surface area contributed by atoms with Gasteiger partial charge in [-0.2, -0.15) is 0 Å². The van der Waals surface area contributed by atoms with Crippen molar-refractivity contribution in [1.29, 1.82) is 0 Å². The minimum Gasteiger partial charge on any atom is -0.469 e. The van der Waals surface area contributed by atoms with Crippen LogP contribution in [0.15, 0.2) is 29.3 Å². The number of rotatable bonds is 5. The van der Waals surface area contributed by atoms with Crippen LogP contribution in [0.3, 0.4) is 0 Å². The normalized spacial score (nSPS) is 19.2. The van der Waals surface area contributed by atoms with Crippen LogP contribution in [0.5, 0.6) is 0 Å². The largest absolute Gasteiger partial charge is 0.469 e. The van der Waals surface area contributed by atoms with Crippen molar-refractivity contribution >= 4 is 35.9 Å². The van der Waals surface area contributed by atoms with Gasteiger partial charge in [-0.3, -0.25) is 9.79 Å². The molecule has 0 bridgehead atoms. The van der Waals surface area contributed by atoms with Crippen molar-refractivity contribution in [3.05, 3.63) is 35.6 Å². The summed E-state index contributed by atoms with van der Waals surface area (Å²) in [6, 6.07) is 6.90. The molecular formula is C20H29FIN3O2. The fourth-order valence-electron chi connectivity index (χ4n) is 3.65. The molecule has 1 aliphatic carbocycles. The van der Waals surface area contributed by atoms with Gasteiger partial charge in [0.1, 0.15) is 5.82 Å². The van der Waals surface area contributed by atoms with Crippen LogP contribution in [-0.4, -0.2) is 50.1 Å². The molecule has 1 N–H and O–H groups in total. The third-order valence-corrected chi connectivity index (χ3v) is 5.49. The molecule has 0 amide bonds. The predicted molar refractivity (Wildman–Crippen MR) is 115 cm³/mol. The molecule has 2 aliphatic rings. The highest BCUT2D eigenvalue weighted by molar-refractivity contribution is 14.0. The fraction of sp³-hybridized carbons (Fsp3) is 0.600. The van der Waals surface area contributed by atoms with Crippen LogP contribution in [0, 0.1) is 11.7 Å². The summed E-state index contributed by atoms with van der Waals surface area (Å²) in [5.41, 5.74) is 1.02. The smallest absolute Gasteiger partial charge is 0.308 e. The Labute approximate surface area is 177 Å². The predicted octanol–water partition coefficient (Wildman–Crippen LogP) is 3.33. The van der Waals surface area contributed by atoms with Crippen LogP contribution < -0.4 is 5.32 Å². The van der Waals surface area contributed by atoms with E-state index in [0.29, 0.717) is 6.54 Å². The Morgan fingerprint density at radius 1 is 1.37 bits per heavy atom. The first kappa shape index (κ1) is 21.9. The summed E-state index contributed by atoms with van der Waals surface area (Å²) < 4.78 is 18.4. The molecule has 1 aliphatic heterocycles. The molecule has 0 radical (unpaired) electrons. The SMILES string of the molecule is CCNC(=NCC1(c2cccc(F)c2)CC1)N1CCC(C(=O)OC)CC1.I. The summed E-state index contributed by atoms with van der Waals surface area (Å²) in [6.45, 7) is 5.09. The van der Waals surface area contributed by atoms with E-state index in [0.717, 1.165) is 56.8 Å². The van der Waals surface area contributed by atoms with E-state index in [9.17, 15) is 9.18 Å². The summed E-state index contributed by atoms with van der Waals surface area (Å²) >= 11 is 0. The molecule has 1 heterocycles. The van der Waals surface area contributed by atoms with Crippen LogP contribution in [0.2, 0.25) is 0 Å². The molecule has 1 saturated carbocycles. The van der Waals surface area contributed by atoms with E-state index in [2.05, 4.69) is 17.1 Å². The highest BCUT2D eigenvalue weighted by Crippen LogP contribution is 2.48. The van der Waals surface area contributed by atoms with Gasteiger partial charge in [-0.05, 0) is 50.3 Å². The number of ether oxygens (including phenoxy) is 1. The molecule has 0 atom stereocenters. The summed E-state index contributed by atoms with van der Waals surface area (Å²) in [5, 5.41) is 3.36. The van der Waals surface area contributed by atoms with E-state index in [-0.39, 0.29) is 47.1 Å². The van der Waals surface area contributed by atoms with Gasteiger partial charge in [0.05, 0.1) is 19.6 Å². The van der Waals surface area contributed by atoms with Crippen molar-refractivity contribution in [2.24, 2.45) is 10.9 Å². The number of carbonyl (C=O) groups excluding carboxylic acids is 1. The second-order valence-electron chi connectivity index (χ2n) is 7.25. The van der Waals surface area contributed by atoms with Crippen LogP contribution in [-0.2, 0) is 14.9 Å². The number of halogens is 2. The third-order valence-electron chi connectivity index (χ3n) is 5.49. The molecular weight excluding hydrogens is 460 g/mol. The Balaban J connectivity index is 0.00000261. The van der Waals surface area contributed by atoms with Crippen LogP contribution >= 0.6 is 24.0 Å². The van der Waals surface area contributed by atoms with E-state index >= 15 is 0 Å². The zero-order valence-electron chi connectivity index (χ0n) is 16.0. The summed E-state index contributed by atoms with van der Waals surface area (Å²) in [6.07, 6.45) is 3.66. The van der Waals surface area contributed by atoms with Gasteiger partial charge in [-0.1, -0.05) is 12.1 Å². The number of carbonyl (C=O) groups is 1. The van der Waals surface area contributed by atoms with Gasteiger partial charge in [-0.25, -0.2) is 4.39 Å². The van der Waals surface area contributed by atoms with Crippen LogP contribution in [0.25, 0.3) is 0 Å². The van der Waals surface area contributed by atoms with E-state index in [1.54, 1.807) is 12.1 Å². The number of nitrogens with one attached hydrogen (secondary N) is 1. The number of aliphatic imine (C=N–C) groups is 1. The number of guanidine groups is 1. The minimum atomic E-state index is -0.186. The summed E-state index contributed by atoms with van der Waals surface area (Å²) in [5.74, 6) is 0.573. The van der Waals surface area contributed by atoms with Crippen LogP contribution in [0.4, 0.5) is 4.39 Å². The lowest BCUT2D eigenvalue weighted by molar-refractivity contribution is -0.146. The molecule has 7 heteroatoms. The van der Waals surface area contributed by atoms with Gasteiger partial charge in [0.25, 0.3) is 0 Å². The molecule has 0 spiro atoms. The number of likely N-dealkylation sites (tertiary alicyclic amines) is 1. The Kier molecular flexibility index (Phi) is 7.88. The molecule has 1 aromatic carbocycles. The van der Waals surface area contributed by atoms with Crippen molar-refractivity contribution in [2.75, 3.05) is 33.3 Å². The van der Waals surface area contributed by atoms with E-state index in [1.807, 2.05) is 6.07 Å². The second kappa shape index (κ2) is 9.71.